The lowest BCUT2D eigenvalue weighted by molar-refractivity contribution is 0.103. The molecule has 0 aliphatic carbocycles. The average molecular weight is 262 g/mol. The molecule has 2 aromatic carbocycles. The van der Waals surface area contributed by atoms with Gasteiger partial charge in [0.05, 0.1) is 12.7 Å². The minimum atomic E-state index is -0.524. The van der Waals surface area contributed by atoms with Gasteiger partial charge in [-0.25, -0.2) is 8.78 Å². The summed E-state index contributed by atoms with van der Waals surface area (Å²) in [6, 6.07) is 7.57. The first kappa shape index (κ1) is 13.2. The van der Waals surface area contributed by atoms with Gasteiger partial charge in [0.25, 0.3) is 0 Å². The Kier molecular flexibility index (Phi) is 3.60. The number of rotatable bonds is 3. The van der Waals surface area contributed by atoms with Gasteiger partial charge in [-0.3, -0.25) is 4.79 Å². The third-order valence-electron chi connectivity index (χ3n) is 2.84. The largest absolute Gasteiger partial charge is 0.496 e. The third-order valence-corrected chi connectivity index (χ3v) is 2.84. The Morgan fingerprint density at radius 2 is 1.63 bits per heavy atom. The Hall–Kier alpha value is -2.23. The Balaban J connectivity index is 2.52. The van der Waals surface area contributed by atoms with Crippen LogP contribution in [0.25, 0.3) is 0 Å². The van der Waals surface area contributed by atoms with Crippen LogP contribution in [0.1, 0.15) is 21.5 Å². The summed E-state index contributed by atoms with van der Waals surface area (Å²) in [7, 11) is 1.40. The number of aryl methyl sites for hydroxylation is 1. The van der Waals surface area contributed by atoms with Crippen molar-refractivity contribution in [2.45, 2.75) is 6.92 Å². The molecule has 0 aliphatic heterocycles. The van der Waals surface area contributed by atoms with Crippen LogP contribution in [0.4, 0.5) is 8.78 Å². The van der Waals surface area contributed by atoms with E-state index in [1.54, 1.807) is 6.92 Å². The maximum atomic E-state index is 13.3. The summed E-state index contributed by atoms with van der Waals surface area (Å²) in [5, 5.41) is 0. The van der Waals surface area contributed by atoms with Crippen molar-refractivity contribution in [2.75, 3.05) is 7.11 Å². The highest BCUT2D eigenvalue weighted by Gasteiger charge is 2.17. The van der Waals surface area contributed by atoms with Gasteiger partial charge >= 0.3 is 0 Å². The van der Waals surface area contributed by atoms with E-state index in [0.29, 0.717) is 11.1 Å². The highest BCUT2D eigenvalue weighted by atomic mass is 19.1. The second-order valence-electron chi connectivity index (χ2n) is 4.13. The lowest BCUT2D eigenvalue weighted by Gasteiger charge is -2.09. The molecule has 0 amide bonds. The maximum absolute atomic E-state index is 13.3. The van der Waals surface area contributed by atoms with E-state index in [-0.39, 0.29) is 11.3 Å². The summed E-state index contributed by atoms with van der Waals surface area (Å²) in [4.78, 5) is 12.3. The maximum Gasteiger partial charge on any atom is 0.197 e. The number of carbonyl (C=O) groups excluding carboxylic acids is 1. The molecular formula is C15H12F2O2. The predicted octanol–water partition coefficient (Wildman–Crippen LogP) is 3.51. The van der Waals surface area contributed by atoms with Gasteiger partial charge in [-0.15, -0.1) is 0 Å². The molecule has 19 heavy (non-hydrogen) atoms. The zero-order chi connectivity index (χ0) is 14.0. The molecule has 98 valence electrons. The molecule has 4 heteroatoms. The van der Waals surface area contributed by atoms with Gasteiger partial charge in [-0.2, -0.15) is 0 Å². The number of methoxy groups -OCH3 is 1. The number of ketones is 1. The molecule has 0 spiro atoms. The van der Waals surface area contributed by atoms with Gasteiger partial charge in [0.2, 0.25) is 0 Å². The molecule has 2 nitrogen and oxygen atoms in total. The zero-order valence-corrected chi connectivity index (χ0v) is 10.5. The molecule has 2 aromatic rings. The van der Waals surface area contributed by atoms with E-state index >= 15 is 0 Å². The van der Waals surface area contributed by atoms with E-state index in [2.05, 4.69) is 0 Å². The lowest BCUT2D eigenvalue weighted by Crippen LogP contribution is -2.06. The normalized spacial score (nSPS) is 10.3. The Labute approximate surface area is 109 Å². The number of halogens is 2. The van der Waals surface area contributed by atoms with Crippen LogP contribution < -0.4 is 4.74 Å². The molecule has 0 unspecified atom stereocenters. The topological polar surface area (TPSA) is 26.3 Å². The molecule has 0 saturated heterocycles. The second kappa shape index (κ2) is 5.18. The van der Waals surface area contributed by atoms with Crippen LogP contribution in [0.3, 0.4) is 0 Å². The van der Waals surface area contributed by atoms with Gasteiger partial charge in [0.15, 0.2) is 5.78 Å². The van der Waals surface area contributed by atoms with Gasteiger partial charge in [-0.05, 0) is 48.9 Å². The summed E-state index contributed by atoms with van der Waals surface area (Å²) in [6.07, 6.45) is 0. The van der Waals surface area contributed by atoms with Crippen LogP contribution in [0.15, 0.2) is 36.4 Å². The van der Waals surface area contributed by atoms with Crippen molar-refractivity contribution < 1.29 is 18.3 Å². The van der Waals surface area contributed by atoms with E-state index < -0.39 is 17.4 Å². The van der Waals surface area contributed by atoms with Crippen molar-refractivity contribution in [3.63, 3.8) is 0 Å². The SMILES string of the molecule is COc1ccc(F)cc1C(=O)c1ccc(F)cc1C. The van der Waals surface area contributed by atoms with Crippen molar-refractivity contribution in [3.8, 4) is 5.75 Å². The molecule has 0 aromatic heterocycles. The van der Waals surface area contributed by atoms with Gasteiger partial charge in [0.1, 0.15) is 17.4 Å². The van der Waals surface area contributed by atoms with Gasteiger partial charge < -0.3 is 4.74 Å². The predicted molar refractivity (Wildman–Crippen MR) is 67.5 cm³/mol. The molecular weight excluding hydrogens is 250 g/mol. The lowest BCUT2D eigenvalue weighted by atomic mass is 9.98. The first-order valence-electron chi connectivity index (χ1n) is 5.67. The van der Waals surface area contributed by atoms with E-state index in [1.807, 2.05) is 0 Å². The molecule has 0 radical (unpaired) electrons. The van der Waals surface area contributed by atoms with Crippen LogP contribution in [-0.4, -0.2) is 12.9 Å². The van der Waals surface area contributed by atoms with Crippen LogP contribution in [0, 0.1) is 18.6 Å². The summed E-state index contributed by atoms with van der Waals surface area (Å²) in [5.41, 5.74) is 0.943. The monoisotopic (exact) mass is 262 g/mol. The summed E-state index contributed by atoms with van der Waals surface area (Å²) in [5.74, 6) is -1.05. The van der Waals surface area contributed by atoms with Crippen molar-refractivity contribution >= 4 is 5.78 Å². The fourth-order valence-electron chi connectivity index (χ4n) is 1.88. The summed E-state index contributed by atoms with van der Waals surface area (Å²) >= 11 is 0. The van der Waals surface area contributed by atoms with E-state index in [9.17, 15) is 13.6 Å². The standard InChI is InChI=1S/C15H12F2O2/c1-9-7-10(16)3-5-12(9)15(18)13-8-11(17)4-6-14(13)19-2/h3-8H,1-2H3. The molecule has 0 N–H and O–H groups in total. The minimum Gasteiger partial charge on any atom is -0.496 e. The van der Waals surface area contributed by atoms with Crippen molar-refractivity contribution in [1.29, 1.82) is 0 Å². The molecule has 0 fully saturated rings. The Morgan fingerprint density at radius 3 is 2.26 bits per heavy atom. The van der Waals surface area contributed by atoms with E-state index in [1.165, 1.54) is 37.4 Å². The zero-order valence-electron chi connectivity index (χ0n) is 10.5. The Morgan fingerprint density at radius 1 is 1.00 bits per heavy atom. The minimum absolute atomic E-state index is 0.122. The van der Waals surface area contributed by atoms with Crippen LogP contribution in [0.2, 0.25) is 0 Å². The summed E-state index contributed by atoms with van der Waals surface area (Å²) < 4.78 is 31.3. The highest BCUT2D eigenvalue weighted by Crippen LogP contribution is 2.24. The van der Waals surface area contributed by atoms with Crippen molar-refractivity contribution in [2.24, 2.45) is 0 Å². The molecule has 0 saturated carbocycles. The van der Waals surface area contributed by atoms with Crippen molar-refractivity contribution in [1.82, 2.24) is 0 Å². The fraction of sp³-hybridized carbons (Fsp3) is 0.133. The molecule has 2 rings (SSSR count). The quantitative estimate of drug-likeness (QED) is 0.791. The van der Waals surface area contributed by atoms with Crippen LogP contribution in [0.5, 0.6) is 5.75 Å². The second-order valence-corrected chi connectivity index (χ2v) is 4.13. The van der Waals surface area contributed by atoms with Crippen molar-refractivity contribution in [3.05, 3.63) is 64.7 Å². The smallest absolute Gasteiger partial charge is 0.197 e. The summed E-state index contributed by atoms with van der Waals surface area (Å²) in [6.45, 7) is 1.63. The van der Waals surface area contributed by atoms with Crippen LogP contribution in [-0.2, 0) is 0 Å². The number of hydrogen-bond acceptors (Lipinski definition) is 2. The van der Waals surface area contributed by atoms with Crippen LogP contribution >= 0.6 is 0 Å². The molecule has 0 bridgehead atoms. The number of ether oxygens (including phenoxy) is 1. The third kappa shape index (κ3) is 2.62. The molecule has 0 heterocycles. The molecule has 0 atom stereocenters. The number of hydrogen-bond donors (Lipinski definition) is 0. The fourth-order valence-corrected chi connectivity index (χ4v) is 1.88. The first-order valence-corrected chi connectivity index (χ1v) is 5.67. The van der Waals surface area contributed by atoms with E-state index in [0.717, 1.165) is 6.07 Å². The number of carbonyl (C=O) groups is 1. The average Bonchev–Trinajstić information content (AvgIpc) is 2.38. The highest BCUT2D eigenvalue weighted by molar-refractivity contribution is 6.11. The van der Waals surface area contributed by atoms with Gasteiger partial charge in [0, 0.05) is 5.56 Å². The van der Waals surface area contributed by atoms with E-state index in [4.69, 9.17) is 4.74 Å². The number of benzene rings is 2. The molecule has 0 aliphatic rings. The first-order chi connectivity index (χ1) is 9.02. The van der Waals surface area contributed by atoms with Gasteiger partial charge in [-0.1, -0.05) is 0 Å². The Bertz CT molecular complexity index is 636.